The summed E-state index contributed by atoms with van der Waals surface area (Å²) in [5, 5.41) is 3.64. The largest absolute Gasteiger partial charge is 0.455 e. The van der Waals surface area contributed by atoms with Gasteiger partial charge in [-0.05, 0) is 18.9 Å². The van der Waals surface area contributed by atoms with Crippen LogP contribution >= 0.6 is 0 Å². The topological polar surface area (TPSA) is 65.2 Å². The number of hydrogen-bond donors (Lipinski definition) is 0. The second-order valence-electron chi connectivity index (χ2n) is 4.21. The van der Waals surface area contributed by atoms with E-state index in [0.717, 1.165) is 5.56 Å². The molecule has 0 saturated carbocycles. The summed E-state index contributed by atoms with van der Waals surface area (Å²) >= 11 is 0. The Morgan fingerprint density at radius 2 is 2.11 bits per heavy atom. The minimum atomic E-state index is -0.274. The molecule has 5 heteroatoms. The van der Waals surface area contributed by atoms with Crippen molar-refractivity contribution in [2.75, 3.05) is 0 Å². The molecule has 2 rings (SSSR count). The number of esters is 1. The van der Waals surface area contributed by atoms with E-state index < -0.39 is 0 Å². The van der Waals surface area contributed by atoms with Crippen LogP contribution in [0.4, 0.5) is 0 Å². The van der Waals surface area contributed by atoms with Gasteiger partial charge in [-0.15, -0.1) is 0 Å². The monoisotopic (exact) mass is 260 g/mol. The molecule has 0 aliphatic carbocycles. The summed E-state index contributed by atoms with van der Waals surface area (Å²) in [7, 11) is 0. The molecule has 19 heavy (non-hydrogen) atoms. The highest BCUT2D eigenvalue weighted by atomic mass is 16.6. The van der Waals surface area contributed by atoms with E-state index in [2.05, 4.69) is 10.1 Å². The first-order valence-corrected chi connectivity index (χ1v) is 6.21. The average Bonchev–Trinajstić information content (AvgIpc) is 2.84. The molecule has 1 aromatic carbocycles. The van der Waals surface area contributed by atoms with Gasteiger partial charge in [0.1, 0.15) is 0 Å². The van der Waals surface area contributed by atoms with Crippen molar-refractivity contribution < 1.29 is 14.1 Å². The number of rotatable bonds is 5. The van der Waals surface area contributed by atoms with Gasteiger partial charge in [0.15, 0.2) is 12.4 Å². The molecule has 2 aromatic rings. The maximum absolute atomic E-state index is 12.0. The van der Waals surface area contributed by atoms with Crippen molar-refractivity contribution >= 4 is 5.97 Å². The van der Waals surface area contributed by atoms with Crippen molar-refractivity contribution in [2.45, 2.75) is 32.8 Å². The second kappa shape index (κ2) is 6.13. The van der Waals surface area contributed by atoms with Gasteiger partial charge in [-0.2, -0.15) is 4.98 Å². The molecule has 0 bridgehead atoms. The lowest BCUT2D eigenvalue weighted by Crippen LogP contribution is -2.15. The molecule has 1 unspecified atom stereocenters. The van der Waals surface area contributed by atoms with E-state index in [1.165, 1.54) is 0 Å². The third-order valence-corrected chi connectivity index (χ3v) is 2.80. The summed E-state index contributed by atoms with van der Waals surface area (Å²) < 4.78 is 10.1. The number of benzene rings is 1. The lowest BCUT2D eigenvalue weighted by Gasteiger charge is -2.13. The molecule has 5 nitrogen and oxygen atoms in total. The Kier molecular flexibility index (Phi) is 4.28. The van der Waals surface area contributed by atoms with E-state index >= 15 is 0 Å². The summed E-state index contributed by atoms with van der Waals surface area (Å²) in [6, 6.07) is 9.58. The molecule has 0 aliphatic heterocycles. The fourth-order valence-corrected chi connectivity index (χ4v) is 1.86. The average molecular weight is 260 g/mol. The smallest absolute Gasteiger partial charge is 0.313 e. The Hall–Kier alpha value is -2.17. The Morgan fingerprint density at radius 1 is 1.37 bits per heavy atom. The fraction of sp³-hybridized carbons (Fsp3) is 0.357. The van der Waals surface area contributed by atoms with Gasteiger partial charge in [-0.3, -0.25) is 4.79 Å². The SMILES string of the molecule is CCC(C(=O)OCc1nc(C)no1)c1ccccc1. The number of ether oxygens (including phenoxy) is 1. The number of hydrogen-bond acceptors (Lipinski definition) is 5. The standard InChI is InChI=1S/C14H16N2O3/c1-3-12(11-7-5-4-6-8-11)14(17)18-9-13-15-10(2)16-19-13/h4-8,12H,3,9H2,1-2H3. The molecular weight excluding hydrogens is 244 g/mol. The van der Waals surface area contributed by atoms with Crippen molar-refractivity contribution in [3.63, 3.8) is 0 Å². The van der Waals surface area contributed by atoms with Gasteiger partial charge >= 0.3 is 5.97 Å². The minimum Gasteiger partial charge on any atom is -0.455 e. The van der Waals surface area contributed by atoms with Crippen LogP contribution in [0.15, 0.2) is 34.9 Å². The maximum atomic E-state index is 12.0. The lowest BCUT2D eigenvalue weighted by molar-refractivity contribution is -0.147. The van der Waals surface area contributed by atoms with E-state index in [1.807, 2.05) is 37.3 Å². The number of aromatic nitrogens is 2. The van der Waals surface area contributed by atoms with Gasteiger partial charge < -0.3 is 9.26 Å². The van der Waals surface area contributed by atoms with Crippen molar-refractivity contribution in [3.05, 3.63) is 47.6 Å². The van der Waals surface area contributed by atoms with Crippen LogP contribution in [-0.2, 0) is 16.1 Å². The Bertz CT molecular complexity index is 537. The number of carbonyl (C=O) groups excluding carboxylic acids is 1. The molecule has 100 valence electrons. The normalized spacial score (nSPS) is 12.1. The zero-order chi connectivity index (χ0) is 13.7. The van der Waals surface area contributed by atoms with Crippen LogP contribution in [0.3, 0.4) is 0 Å². The molecule has 0 radical (unpaired) electrons. The second-order valence-corrected chi connectivity index (χ2v) is 4.21. The summed E-state index contributed by atoms with van der Waals surface area (Å²) in [5.41, 5.74) is 0.955. The van der Waals surface area contributed by atoms with Crippen molar-refractivity contribution in [1.29, 1.82) is 0 Å². The number of carbonyl (C=O) groups is 1. The maximum Gasteiger partial charge on any atom is 0.313 e. The molecule has 0 spiro atoms. The van der Waals surface area contributed by atoms with Crippen molar-refractivity contribution in [3.8, 4) is 0 Å². The van der Waals surface area contributed by atoms with E-state index in [4.69, 9.17) is 9.26 Å². The molecule has 0 aliphatic rings. The molecule has 0 fully saturated rings. The fourth-order valence-electron chi connectivity index (χ4n) is 1.86. The molecule has 0 saturated heterocycles. The van der Waals surface area contributed by atoms with E-state index in [9.17, 15) is 4.79 Å². The molecule has 0 amide bonds. The van der Waals surface area contributed by atoms with Crippen LogP contribution in [0.1, 0.15) is 36.5 Å². The summed E-state index contributed by atoms with van der Waals surface area (Å²) in [5.74, 6) is 0.310. The third-order valence-electron chi connectivity index (χ3n) is 2.80. The van der Waals surface area contributed by atoms with Crippen molar-refractivity contribution in [1.82, 2.24) is 10.1 Å². The summed E-state index contributed by atoms with van der Waals surface area (Å²) in [6.45, 7) is 3.69. The Labute approximate surface area is 111 Å². The Balaban J connectivity index is 1.98. The van der Waals surface area contributed by atoms with Gasteiger partial charge in [0.05, 0.1) is 5.92 Å². The molecule has 1 heterocycles. The molecule has 1 atom stereocenters. The van der Waals surface area contributed by atoms with E-state index in [-0.39, 0.29) is 18.5 Å². The molecule has 1 aromatic heterocycles. The van der Waals surface area contributed by atoms with Crippen LogP contribution in [-0.4, -0.2) is 16.1 Å². The zero-order valence-corrected chi connectivity index (χ0v) is 11.0. The third kappa shape index (κ3) is 3.40. The predicted molar refractivity (Wildman–Crippen MR) is 68.3 cm³/mol. The van der Waals surface area contributed by atoms with Gasteiger partial charge in [0.2, 0.25) is 0 Å². The predicted octanol–water partition coefficient (Wildman–Crippen LogP) is 2.62. The van der Waals surface area contributed by atoms with Crippen LogP contribution in [0.25, 0.3) is 0 Å². The van der Waals surface area contributed by atoms with Crippen LogP contribution in [0.5, 0.6) is 0 Å². The first-order valence-electron chi connectivity index (χ1n) is 6.21. The van der Waals surface area contributed by atoms with E-state index in [1.54, 1.807) is 6.92 Å². The number of nitrogens with zero attached hydrogens (tertiary/aromatic N) is 2. The highest BCUT2D eigenvalue weighted by Crippen LogP contribution is 2.21. The van der Waals surface area contributed by atoms with E-state index in [0.29, 0.717) is 18.1 Å². The van der Waals surface area contributed by atoms with Crippen LogP contribution < -0.4 is 0 Å². The highest BCUT2D eigenvalue weighted by Gasteiger charge is 2.20. The molecule has 0 N–H and O–H groups in total. The Morgan fingerprint density at radius 3 is 2.68 bits per heavy atom. The van der Waals surface area contributed by atoms with Crippen LogP contribution in [0, 0.1) is 6.92 Å². The summed E-state index contributed by atoms with van der Waals surface area (Å²) in [6.07, 6.45) is 0.686. The molecular formula is C14H16N2O3. The van der Waals surface area contributed by atoms with Gasteiger partial charge in [0.25, 0.3) is 5.89 Å². The first kappa shape index (κ1) is 13.3. The van der Waals surface area contributed by atoms with Gasteiger partial charge in [0, 0.05) is 0 Å². The number of aryl methyl sites for hydroxylation is 1. The summed E-state index contributed by atoms with van der Waals surface area (Å²) in [4.78, 5) is 16.0. The first-order chi connectivity index (χ1) is 9.20. The van der Waals surface area contributed by atoms with Gasteiger partial charge in [-0.1, -0.05) is 42.4 Å². The quantitative estimate of drug-likeness (QED) is 0.773. The zero-order valence-electron chi connectivity index (χ0n) is 11.0. The van der Waals surface area contributed by atoms with Gasteiger partial charge in [-0.25, -0.2) is 0 Å². The van der Waals surface area contributed by atoms with Crippen molar-refractivity contribution in [2.24, 2.45) is 0 Å². The highest BCUT2D eigenvalue weighted by molar-refractivity contribution is 5.78. The van der Waals surface area contributed by atoms with Crippen LogP contribution in [0.2, 0.25) is 0 Å². The minimum absolute atomic E-state index is 0.0169. The lowest BCUT2D eigenvalue weighted by atomic mass is 9.97.